The molecule has 0 saturated carbocycles. The van der Waals surface area contributed by atoms with Gasteiger partial charge in [-0.05, 0) is 104 Å². The summed E-state index contributed by atoms with van der Waals surface area (Å²) in [6, 6.07) is 31.4. The zero-order valence-electron chi connectivity index (χ0n) is 41.6. The summed E-state index contributed by atoms with van der Waals surface area (Å²) >= 11 is 0. The van der Waals surface area contributed by atoms with E-state index in [2.05, 4.69) is 111 Å². The van der Waals surface area contributed by atoms with Crippen molar-refractivity contribution < 1.29 is 32.6 Å². The second-order valence-corrected chi connectivity index (χ2v) is 25.2. The number of hydrogen-bond donors (Lipinski definition) is 0. The number of likely N-dealkylation sites (N-methyl/N-ethyl adjacent to an activating group) is 1. The standard InChI is InChI=1S/C55H67FN6O6Si/c1-10-36-18-17-19-37-28-42(66-35-64-9)29-45(47(36)37)49-48(56)50-46(30-57-49)51(61-31-38-24-25-39(32-61)62(38)53(63)68-54(2,3)4)59-52(58-50)65-33-40-26-27-41(60(40)8)34-67-69(55(5,6)7,43-20-13-11-14-21-43)44-22-15-12-16-23-44/h11-23,28-30,38-41H,10,24-27,31-35H2,1-9H3/t38?,39?,40-,41+/m0/s1. The highest BCUT2D eigenvalue weighted by Gasteiger charge is 2.51. The largest absolute Gasteiger partial charge is 0.468 e. The van der Waals surface area contributed by atoms with Crippen LogP contribution in [0.5, 0.6) is 11.8 Å². The van der Waals surface area contributed by atoms with Gasteiger partial charge in [0.15, 0.2) is 12.6 Å². The molecule has 3 aliphatic rings. The van der Waals surface area contributed by atoms with Crippen LogP contribution >= 0.6 is 0 Å². The number of rotatable bonds is 14. The van der Waals surface area contributed by atoms with Crippen LogP contribution < -0.4 is 24.7 Å². The van der Waals surface area contributed by atoms with Crippen LogP contribution in [0.2, 0.25) is 5.04 Å². The number of carbonyl (C=O) groups is 1. The Labute approximate surface area is 407 Å². The van der Waals surface area contributed by atoms with Crippen LogP contribution in [0.15, 0.2) is 97.2 Å². The number of amides is 1. The second-order valence-electron chi connectivity index (χ2n) is 20.9. The zero-order valence-corrected chi connectivity index (χ0v) is 42.6. The third-order valence-electron chi connectivity index (χ3n) is 14.3. The van der Waals surface area contributed by atoms with Crippen molar-refractivity contribution in [2.24, 2.45) is 0 Å². The third-order valence-corrected chi connectivity index (χ3v) is 19.3. The molecule has 4 aromatic carbocycles. The number of aryl methyl sites for hydroxylation is 1. The van der Waals surface area contributed by atoms with E-state index >= 15 is 4.39 Å². The first-order valence-electron chi connectivity index (χ1n) is 24.5. The molecule has 0 radical (unpaired) electrons. The normalized spacial score (nSPS) is 20.0. The molecule has 4 atom stereocenters. The molecule has 0 aliphatic carbocycles. The van der Waals surface area contributed by atoms with E-state index in [1.807, 2.05) is 49.9 Å². The van der Waals surface area contributed by atoms with Gasteiger partial charge in [-0.1, -0.05) is 107 Å². The minimum atomic E-state index is -2.74. The number of halogens is 1. The van der Waals surface area contributed by atoms with E-state index in [1.165, 1.54) is 10.4 Å². The van der Waals surface area contributed by atoms with Gasteiger partial charge in [0.05, 0.1) is 24.1 Å². The Hall–Kier alpha value is -5.67. The maximum atomic E-state index is 17.7. The fourth-order valence-corrected chi connectivity index (χ4v) is 15.6. The molecule has 0 N–H and O–H groups in total. The number of piperazine rings is 1. The quantitative estimate of drug-likeness (QED) is 0.0769. The number of anilines is 1. The van der Waals surface area contributed by atoms with Crippen LogP contribution in [0.3, 0.4) is 0 Å². The van der Waals surface area contributed by atoms with Gasteiger partial charge in [0, 0.05) is 44.0 Å². The summed E-state index contributed by atoms with van der Waals surface area (Å²) in [7, 11) is 0.964. The molecule has 69 heavy (non-hydrogen) atoms. The first-order chi connectivity index (χ1) is 33.1. The molecule has 1 amide bonds. The fraction of sp³-hybridized carbons (Fsp3) is 0.455. The van der Waals surface area contributed by atoms with Gasteiger partial charge in [0.2, 0.25) is 0 Å². The number of ether oxygens (including phenoxy) is 4. The number of likely N-dealkylation sites (tertiary alicyclic amines) is 1. The lowest BCUT2D eigenvalue weighted by Gasteiger charge is -2.44. The molecule has 2 bridgehead atoms. The lowest BCUT2D eigenvalue weighted by molar-refractivity contribution is 0.0122. The Morgan fingerprint density at radius 1 is 0.812 bits per heavy atom. The average molecular weight is 955 g/mol. The van der Waals surface area contributed by atoms with Crippen molar-refractivity contribution in [3.05, 3.63) is 109 Å². The van der Waals surface area contributed by atoms with E-state index in [-0.39, 0.29) is 59.3 Å². The van der Waals surface area contributed by atoms with E-state index in [0.29, 0.717) is 48.8 Å². The molecule has 12 nitrogen and oxygen atoms in total. The van der Waals surface area contributed by atoms with Crippen molar-refractivity contribution in [3.63, 3.8) is 0 Å². The third kappa shape index (κ3) is 9.52. The number of aromatic nitrogens is 3. The molecule has 2 aromatic heterocycles. The molecule has 2 unspecified atom stereocenters. The van der Waals surface area contributed by atoms with Crippen LogP contribution in [-0.4, -0.2) is 116 Å². The van der Waals surface area contributed by atoms with Crippen LogP contribution in [-0.2, 0) is 20.3 Å². The smallest absolute Gasteiger partial charge is 0.410 e. The Balaban J connectivity index is 1.04. The molecular weight excluding hydrogens is 888 g/mol. The maximum absolute atomic E-state index is 17.7. The van der Waals surface area contributed by atoms with Crippen molar-refractivity contribution in [2.45, 2.75) is 115 Å². The number of hydrogen-bond acceptors (Lipinski definition) is 11. The summed E-state index contributed by atoms with van der Waals surface area (Å²) in [6.45, 7) is 16.6. The van der Waals surface area contributed by atoms with Crippen molar-refractivity contribution in [1.29, 1.82) is 0 Å². The lowest BCUT2D eigenvalue weighted by Crippen LogP contribution is -2.67. The SMILES string of the molecule is CCc1cccc2cc(OCOC)cc(-c3ncc4c(N5CC6CCC(C5)N6C(=O)OC(C)(C)C)nc(OC[C@@H]5CC[C@H](CO[Si](c6ccccc6)(c6ccccc6)C(C)(C)C)N5C)nc4c3F)c12. The van der Waals surface area contributed by atoms with Crippen molar-refractivity contribution in [1.82, 2.24) is 24.8 Å². The summed E-state index contributed by atoms with van der Waals surface area (Å²) in [5.41, 5.74) is 1.31. The molecule has 3 fully saturated rings. The molecule has 364 valence electrons. The Kier molecular flexibility index (Phi) is 13.7. The van der Waals surface area contributed by atoms with Crippen molar-refractivity contribution >= 4 is 52.3 Å². The molecule has 14 heteroatoms. The number of methoxy groups -OCH3 is 1. The monoisotopic (exact) mass is 954 g/mol. The molecule has 5 heterocycles. The Morgan fingerprint density at radius 3 is 2.07 bits per heavy atom. The molecule has 6 aromatic rings. The maximum Gasteiger partial charge on any atom is 0.410 e. The molecule has 3 aliphatic heterocycles. The van der Waals surface area contributed by atoms with Gasteiger partial charge in [-0.25, -0.2) is 9.18 Å². The van der Waals surface area contributed by atoms with Gasteiger partial charge >= 0.3 is 12.1 Å². The predicted molar refractivity (Wildman–Crippen MR) is 273 cm³/mol. The lowest BCUT2D eigenvalue weighted by atomic mass is 9.95. The van der Waals surface area contributed by atoms with Crippen LogP contribution in [0.25, 0.3) is 32.9 Å². The number of carbonyl (C=O) groups excluding carboxylic acids is 1. The molecule has 9 rings (SSSR count). The average Bonchev–Trinajstić information content (AvgIpc) is 3.82. The van der Waals surface area contributed by atoms with Crippen LogP contribution in [0.1, 0.15) is 79.7 Å². The number of benzene rings is 4. The number of nitrogens with zero attached hydrogens (tertiary/aromatic N) is 6. The second kappa shape index (κ2) is 19.6. The fourth-order valence-electron chi connectivity index (χ4n) is 11.0. The zero-order chi connectivity index (χ0) is 48.7. The van der Waals surface area contributed by atoms with E-state index in [0.717, 1.165) is 48.4 Å². The molecular formula is C55H67FN6O6Si. The van der Waals surface area contributed by atoms with Gasteiger partial charge in [-0.2, -0.15) is 9.97 Å². The summed E-state index contributed by atoms with van der Waals surface area (Å²) in [5.74, 6) is 0.489. The first-order valence-corrected chi connectivity index (χ1v) is 26.4. The highest BCUT2D eigenvalue weighted by Crippen LogP contribution is 2.42. The van der Waals surface area contributed by atoms with E-state index < -0.39 is 19.7 Å². The van der Waals surface area contributed by atoms with Gasteiger partial charge in [-0.3, -0.25) is 14.8 Å². The highest BCUT2D eigenvalue weighted by molar-refractivity contribution is 6.99. The van der Waals surface area contributed by atoms with Gasteiger partial charge in [0.1, 0.15) is 35.0 Å². The molecule has 3 saturated heterocycles. The van der Waals surface area contributed by atoms with Crippen LogP contribution in [0, 0.1) is 5.82 Å². The van der Waals surface area contributed by atoms with Crippen molar-refractivity contribution in [3.8, 4) is 23.0 Å². The summed E-state index contributed by atoms with van der Waals surface area (Å²) in [6.07, 6.45) is 5.58. The first kappa shape index (κ1) is 48.4. The minimum absolute atomic E-state index is 0.0390. The Morgan fingerprint density at radius 2 is 1.46 bits per heavy atom. The molecule has 0 spiro atoms. The van der Waals surface area contributed by atoms with Gasteiger partial charge in [0.25, 0.3) is 8.32 Å². The van der Waals surface area contributed by atoms with Gasteiger partial charge < -0.3 is 28.3 Å². The Bertz CT molecular complexity index is 2730. The summed E-state index contributed by atoms with van der Waals surface area (Å²) in [5, 5.41) is 4.64. The van der Waals surface area contributed by atoms with Gasteiger partial charge in [-0.15, -0.1) is 0 Å². The highest BCUT2D eigenvalue weighted by atomic mass is 28.4. The predicted octanol–water partition coefficient (Wildman–Crippen LogP) is 9.54. The van der Waals surface area contributed by atoms with E-state index in [1.54, 1.807) is 13.3 Å². The number of pyridine rings is 1. The van der Waals surface area contributed by atoms with Crippen molar-refractivity contribution in [2.75, 3.05) is 52.2 Å². The van der Waals surface area contributed by atoms with Crippen LogP contribution in [0.4, 0.5) is 15.0 Å². The topological polar surface area (TPSA) is 112 Å². The number of fused-ring (bicyclic) bond motifs is 4. The minimum Gasteiger partial charge on any atom is -0.468 e. The van der Waals surface area contributed by atoms with E-state index in [9.17, 15) is 4.79 Å². The van der Waals surface area contributed by atoms with E-state index in [4.69, 9.17) is 38.3 Å². The summed E-state index contributed by atoms with van der Waals surface area (Å²) < 4.78 is 48.7. The summed E-state index contributed by atoms with van der Waals surface area (Å²) in [4.78, 5) is 34.7.